The summed E-state index contributed by atoms with van der Waals surface area (Å²) in [5, 5.41) is 10.5. The summed E-state index contributed by atoms with van der Waals surface area (Å²) in [6, 6.07) is 0. The van der Waals surface area contributed by atoms with Gasteiger partial charge in [0, 0.05) is 16.3 Å². The van der Waals surface area contributed by atoms with E-state index in [-0.39, 0.29) is 22.8 Å². The van der Waals surface area contributed by atoms with Gasteiger partial charge in [-0.1, -0.05) is 19.8 Å². The van der Waals surface area contributed by atoms with Crippen LogP contribution in [0.25, 0.3) is 0 Å². The number of carbonyl (C=O) groups is 1. The third kappa shape index (κ3) is 2.11. The summed E-state index contributed by atoms with van der Waals surface area (Å²) < 4.78 is 0. The van der Waals surface area contributed by atoms with Gasteiger partial charge < -0.3 is 4.79 Å². The van der Waals surface area contributed by atoms with Crippen molar-refractivity contribution in [3.05, 3.63) is 10.1 Å². The lowest BCUT2D eigenvalue weighted by Crippen LogP contribution is -2.32. The van der Waals surface area contributed by atoms with Crippen molar-refractivity contribution in [2.45, 2.75) is 39.0 Å². The molecule has 4 nitrogen and oxygen atoms in total. The molecule has 0 saturated heterocycles. The zero-order valence-corrected chi connectivity index (χ0v) is 8.57. The monoisotopic (exact) mass is 199 g/mol. The first kappa shape index (κ1) is 11.1. The molecule has 0 amide bonds. The number of carbonyl (C=O) groups excluding carboxylic acids is 1. The fourth-order valence-corrected chi connectivity index (χ4v) is 2.63. The Morgan fingerprint density at radius 1 is 1.64 bits per heavy atom. The van der Waals surface area contributed by atoms with Gasteiger partial charge in [0.15, 0.2) is 0 Å². The molecule has 0 radical (unpaired) electrons. The molecule has 0 spiro atoms. The van der Waals surface area contributed by atoms with Crippen molar-refractivity contribution in [1.29, 1.82) is 0 Å². The molecule has 0 heterocycles. The third-order valence-corrected chi connectivity index (χ3v) is 3.33. The SMILES string of the molecule is CCC[C@@]1(C=O)CCC[C@H]1C[N+](=O)[O-]. The molecule has 0 aromatic heterocycles. The Bertz CT molecular complexity index is 229. The molecule has 4 heteroatoms. The second kappa shape index (κ2) is 4.53. The Morgan fingerprint density at radius 3 is 2.86 bits per heavy atom. The van der Waals surface area contributed by atoms with Crippen LogP contribution in [0.5, 0.6) is 0 Å². The lowest BCUT2D eigenvalue weighted by molar-refractivity contribution is -0.490. The second-order valence-corrected chi connectivity index (χ2v) is 4.21. The average molecular weight is 199 g/mol. The number of nitrogens with zero attached hydrogens (tertiary/aromatic N) is 1. The van der Waals surface area contributed by atoms with E-state index >= 15 is 0 Å². The largest absolute Gasteiger partial charge is 0.303 e. The normalized spacial score (nSPS) is 31.6. The van der Waals surface area contributed by atoms with E-state index in [0.29, 0.717) is 0 Å². The molecule has 0 unspecified atom stereocenters. The highest BCUT2D eigenvalue weighted by molar-refractivity contribution is 5.60. The van der Waals surface area contributed by atoms with E-state index in [1.54, 1.807) is 0 Å². The first-order chi connectivity index (χ1) is 6.64. The van der Waals surface area contributed by atoms with E-state index in [1.165, 1.54) is 0 Å². The average Bonchev–Trinajstić information content (AvgIpc) is 2.49. The van der Waals surface area contributed by atoms with Crippen LogP contribution in [0.1, 0.15) is 39.0 Å². The molecule has 0 aliphatic heterocycles. The van der Waals surface area contributed by atoms with Gasteiger partial charge >= 0.3 is 0 Å². The van der Waals surface area contributed by atoms with Crippen molar-refractivity contribution < 1.29 is 9.72 Å². The molecule has 1 aliphatic carbocycles. The number of hydrogen-bond acceptors (Lipinski definition) is 3. The molecule has 1 fully saturated rings. The van der Waals surface area contributed by atoms with Gasteiger partial charge in [0.05, 0.1) is 0 Å². The van der Waals surface area contributed by atoms with Crippen LogP contribution in [0.2, 0.25) is 0 Å². The lowest BCUT2D eigenvalue weighted by atomic mass is 9.75. The summed E-state index contributed by atoms with van der Waals surface area (Å²) in [7, 11) is 0. The highest BCUT2D eigenvalue weighted by atomic mass is 16.6. The van der Waals surface area contributed by atoms with Crippen LogP contribution in [-0.4, -0.2) is 17.8 Å². The van der Waals surface area contributed by atoms with Crippen LogP contribution >= 0.6 is 0 Å². The third-order valence-electron chi connectivity index (χ3n) is 3.33. The Labute approximate surface area is 83.8 Å². The molecule has 0 aromatic carbocycles. The van der Waals surface area contributed by atoms with Crippen molar-refractivity contribution in [2.75, 3.05) is 6.54 Å². The van der Waals surface area contributed by atoms with Crippen molar-refractivity contribution in [3.8, 4) is 0 Å². The summed E-state index contributed by atoms with van der Waals surface area (Å²) in [6.07, 6.45) is 5.32. The van der Waals surface area contributed by atoms with Gasteiger partial charge in [0.1, 0.15) is 6.29 Å². The summed E-state index contributed by atoms with van der Waals surface area (Å²) >= 11 is 0. The van der Waals surface area contributed by atoms with Crippen LogP contribution < -0.4 is 0 Å². The molecule has 14 heavy (non-hydrogen) atoms. The summed E-state index contributed by atoms with van der Waals surface area (Å²) in [6.45, 7) is 1.98. The second-order valence-electron chi connectivity index (χ2n) is 4.21. The van der Waals surface area contributed by atoms with Gasteiger partial charge in [-0.3, -0.25) is 10.1 Å². The number of rotatable bonds is 5. The van der Waals surface area contributed by atoms with Gasteiger partial charge in [-0.25, -0.2) is 0 Å². The molecule has 2 atom stereocenters. The van der Waals surface area contributed by atoms with Crippen molar-refractivity contribution in [3.63, 3.8) is 0 Å². The highest BCUT2D eigenvalue weighted by Gasteiger charge is 2.44. The van der Waals surface area contributed by atoms with Crippen molar-refractivity contribution in [2.24, 2.45) is 11.3 Å². The maximum absolute atomic E-state index is 11.1. The van der Waals surface area contributed by atoms with E-state index in [2.05, 4.69) is 0 Å². The van der Waals surface area contributed by atoms with E-state index in [0.717, 1.165) is 38.4 Å². The van der Waals surface area contributed by atoms with E-state index in [9.17, 15) is 14.9 Å². The van der Waals surface area contributed by atoms with Crippen LogP contribution in [0.4, 0.5) is 0 Å². The van der Waals surface area contributed by atoms with Gasteiger partial charge in [0.2, 0.25) is 6.54 Å². The summed E-state index contributed by atoms with van der Waals surface area (Å²) in [4.78, 5) is 21.3. The van der Waals surface area contributed by atoms with E-state index in [4.69, 9.17) is 0 Å². The van der Waals surface area contributed by atoms with Crippen molar-refractivity contribution >= 4 is 6.29 Å². The fourth-order valence-electron chi connectivity index (χ4n) is 2.63. The van der Waals surface area contributed by atoms with Gasteiger partial charge in [-0.15, -0.1) is 0 Å². The Kier molecular flexibility index (Phi) is 3.61. The predicted octanol–water partition coefficient (Wildman–Crippen LogP) is 2.05. The maximum atomic E-state index is 11.1. The number of hydrogen-bond donors (Lipinski definition) is 0. The zero-order chi connectivity index (χ0) is 10.6. The Balaban J connectivity index is 2.71. The molecular formula is C10H17NO3. The van der Waals surface area contributed by atoms with Crippen LogP contribution in [0, 0.1) is 21.4 Å². The minimum Gasteiger partial charge on any atom is -0.303 e. The molecular weight excluding hydrogens is 182 g/mol. The minimum absolute atomic E-state index is 0.0325. The van der Waals surface area contributed by atoms with E-state index in [1.807, 2.05) is 6.92 Å². The molecule has 1 saturated carbocycles. The first-order valence-corrected chi connectivity index (χ1v) is 5.23. The summed E-state index contributed by atoms with van der Waals surface area (Å²) in [5.74, 6) is -0.0325. The van der Waals surface area contributed by atoms with Crippen LogP contribution in [0.3, 0.4) is 0 Å². The smallest absolute Gasteiger partial charge is 0.207 e. The first-order valence-electron chi connectivity index (χ1n) is 5.23. The molecule has 1 rings (SSSR count). The maximum Gasteiger partial charge on any atom is 0.207 e. The molecule has 0 N–H and O–H groups in total. The Morgan fingerprint density at radius 2 is 2.36 bits per heavy atom. The molecule has 0 aromatic rings. The molecule has 1 aliphatic rings. The van der Waals surface area contributed by atoms with Gasteiger partial charge in [0.25, 0.3) is 0 Å². The van der Waals surface area contributed by atoms with Crippen LogP contribution in [0.15, 0.2) is 0 Å². The zero-order valence-electron chi connectivity index (χ0n) is 8.57. The molecule has 80 valence electrons. The van der Waals surface area contributed by atoms with Crippen molar-refractivity contribution in [1.82, 2.24) is 0 Å². The van der Waals surface area contributed by atoms with E-state index < -0.39 is 0 Å². The standard InChI is InChI=1S/C10H17NO3/c1-2-5-10(8-12)6-3-4-9(10)7-11(13)14/h8-9H,2-7H2,1H3/t9-,10-/m0/s1. The Hall–Kier alpha value is -0.930. The molecule has 0 bridgehead atoms. The highest BCUT2D eigenvalue weighted by Crippen LogP contribution is 2.45. The predicted molar refractivity (Wildman–Crippen MR) is 52.6 cm³/mol. The summed E-state index contributed by atoms with van der Waals surface area (Å²) in [5.41, 5.74) is -0.387. The number of aldehydes is 1. The van der Waals surface area contributed by atoms with Crippen LogP contribution in [-0.2, 0) is 4.79 Å². The fraction of sp³-hybridized carbons (Fsp3) is 0.900. The topological polar surface area (TPSA) is 60.2 Å². The number of nitro groups is 1. The van der Waals surface area contributed by atoms with Gasteiger partial charge in [-0.2, -0.15) is 0 Å². The minimum atomic E-state index is -0.387. The lowest BCUT2D eigenvalue weighted by Gasteiger charge is -2.26. The van der Waals surface area contributed by atoms with Gasteiger partial charge in [-0.05, 0) is 19.3 Å². The quantitative estimate of drug-likeness (QED) is 0.387.